The molecule has 2 heterocycles. The van der Waals surface area contributed by atoms with Gasteiger partial charge < -0.3 is 5.32 Å². The van der Waals surface area contributed by atoms with Crippen molar-refractivity contribution in [2.45, 2.75) is 11.4 Å². The highest BCUT2D eigenvalue weighted by Gasteiger charge is 2.24. The Labute approximate surface area is 100 Å². The van der Waals surface area contributed by atoms with E-state index in [2.05, 4.69) is 10.3 Å². The summed E-state index contributed by atoms with van der Waals surface area (Å²) in [6.07, 6.45) is 2.23. The first kappa shape index (κ1) is 12.0. The molecule has 1 saturated heterocycles. The summed E-state index contributed by atoms with van der Waals surface area (Å²) in [6, 6.07) is 4.74. The number of rotatable bonds is 3. The highest BCUT2D eigenvalue weighted by atomic mass is 32.2. The van der Waals surface area contributed by atoms with Crippen LogP contribution in [0.4, 0.5) is 0 Å². The quantitative estimate of drug-likeness (QED) is 0.837. The summed E-state index contributed by atoms with van der Waals surface area (Å²) in [5.74, 6) is 0.245. The average Bonchev–Trinajstić information content (AvgIpc) is 2.81. The fourth-order valence-electron chi connectivity index (χ4n) is 1.90. The Morgan fingerprint density at radius 3 is 3.06 bits per heavy atom. The monoisotopic (exact) mass is 251 g/mol. The third kappa shape index (κ3) is 2.81. The van der Waals surface area contributed by atoms with Crippen LogP contribution in [0.25, 0.3) is 0 Å². The van der Waals surface area contributed by atoms with Crippen molar-refractivity contribution >= 4 is 9.84 Å². The highest BCUT2D eigenvalue weighted by molar-refractivity contribution is 7.91. The van der Waals surface area contributed by atoms with Gasteiger partial charge in [-0.25, -0.2) is 13.4 Å². The summed E-state index contributed by atoms with van der Waals surface area (Å²) in [5.41, 5.74) is 0.322. The standard InChI is InChI=1S/C11H13N3O2S/c12-6-9-2-4-14-11(5-9)17(15,16)8-10-1-3-13-7-10/h2,4-5,10,13H,1,3,7-8H2. The van der Waals surface area contributed by atoms with E-state index in [4.69, 9.17) is 5.26 Å². The lowest BCUT2D eigenvalue weighted by molar-refractivity contribution is 0.567. The van der Waals surface area contributed by atoms with Gasteiger partial charge in [0.15, 0.2) is 14.9 Å². The molecule has 0 amide bonds. The van der Waals surface area contributed by atoms with Crippen LogP contribution >= 0.6 is 0 Å². The average molecular weight is 251 g/mol. The molecular weight excluding hydrogens is 238 g/mol. The van der Waals surface area contributed by atoms with Crippen molar-refractivity contribution in [2.24, 2.45) is 5.92 Å². The molecule has 2 rings (SSSR count). The molecule has 1 atom stereocenters. The minimum Gasteiger partial charge on any atom is -0.316 e. The van der Waals surface area contributed by atoms with Gasteiger partial charge in [0.2, 0.25) is 0 Å². The largest absolute Gasteiger partial charge is 0.316 e. The van der Waals surface area contributed by atoms with Gasteiger partial charge in [0.05, 0.1) is 17.4 Å². The van der Waals surface area contributed by atoms with Crippen LogP contribution in [-0.4, -0.2) is 32.2 Å². The summed E-state index contributed by atoms with van der Waals surface area (Å²) in [7, 11) is -3.38. The maximum Gasteiger partial charge on any atom is 0.195 e. The van der Waals surface area contributed by atoms with Crippen molar-refractivity contribution in [1.29, 1.82) is 5.26 Å². The van der Waals surface area contributed by atoms with Crippen molar-refractivity contribution in [3.63, 3.8) is 0 Å². The van der Waals surface area contributed by atoms with Gasteiger partial charge in [-0.15, -0.1) is 0 Å². The van der Waals surface area contributed by atoms with E-state index in [0.717, 1.165) is 19.5 Å². The van der Waals surface area contributed by atoms with Crippen molar-refractivity contribution in [3.8, 4) is 6.07 Å². The number of hydrogen-bond acceptors (Lipinski definition) is 5. The number of hydrogen-bond donors (Lipinski definition) is 1. The van der Waals surface area contributed by atoms with E-state index in [9.17, 15) is 8.42 Å². The van der Waals surface area contributed by atoms with E-state index in [-0.39, 0.29) is 16.7 Å². The summed E-state index contributed by atoms with van der Waals surface area (Å²) >= 11 is 0. The van der Waals surface area contributed by atoms with E-state index >= 15 is 0 Å². The molecule has 0 saturated carbocycles. The molecular formula is C11H13N3O2S. The molecule has 1 aromatic rings. The Morgan fingerprint density at radius 1 is 1.59 bits per heavy atom. The number of nitrogens with one attached hydrogen (secondary N) is 1. The Bertz CT molecular complexity index is 542. The lowest BCUT2D eigenvalue weighted by Crippen LogP contribution is -2.19. The minimum absolute atomic E-state index is 0.00319. The van der Waals surface area contributed by atoms with Crippen molar-refractivity contribution in [2.75, 3.05) is 18.8 Å². The molecule has 1 aromatic heterocycles. The van der Waals surface area contributed by atoms with Crippen LogP contribution < -0.4 is 5.32 Å². The molecule has 1 aliphatic heterocycles. The third-order valence-electron chi connectivity index (χ3n) is 2.80. The second kappa shape index (κ2) is 4.82. The first-order chi connectivity index (χ1) is 8.12. The molecule has 0 spiro atoms. The molecule has 0 aromatic carbocycles. The van der Waals surface area contributed by atoms with E-state index in [1.807, 2.05) is 6.07 Å². The third-order valence-corrected chi connectivity index (χ3v) is 4.57. The summed E-state index contributed by atoms with van der Waals surface area (Å²) in [4.78, 5) is 3.84. The number of sulfone groups is 1. The molecule has 0 bridgehead atoms. The summed E-state index contributed by atoms with van der Waals surface area (Å²) < 4.78 is 24.1. The summed E-state index contributed by atoms with van der Waals surface area (Å²) in [6.45, 7) is 1.60. The van der Waals surface area contributed by atoms with E-state index in [1.165, 1.54) is 18.3 Å². The molecule has 0 radical (unpaired) electrons. The Kier molecular flexibility index (Phi) is 3.41. The van der Waals surface area contributed by atoms with Crippen LogP contribution in [-0.2, 0) is 9.84 Å². The van der Waals surface area contributed by atoms with Crippen LogP contribution in [0.1, 0.15) is 12.0 Å². The number of nitrogens with zero attached hydrogens (tertiary/aromatic N) is 2. The predicted octanol–water partition coefficient (Wildman–Crippen LogP) is 0.336. The van der Waals surface area contributed by atoms with Gasteiger partial charge in [0, 0.05) is 6.20 Å². The first-order valence-corrected chi connectivity index (χ1v) is 7.07. The molecule has 90 valence electrons. The van der Waals surface area contributed by atoms with Gasteiger partial charge in [-0.3, -0.25) is 0 Å². The van der Waals surface area contributed by atoms with Crippen molar-refractivity contribution in [3.05, 3.63) is 23.9 Å². The van der Waals surface area contributed by atoms with Crippen LogP contribution in [0.5, 0.6) is 0 Å². The summed E-state index contributed by atoms with van der Waals surface area (Å²) in [5, 5.41) is 11.9. The second-order valence-electron chi connectivity index (χ2n) is 4.13. The lowest BCUT2D eigenvalue weighted by Gasteiger charge is -2.08. The van der Waals surface area contributed by atoms with E-state index in [0.29, 0.717) is 5.56 Å². The zero-order valence-corrected chi connectivity index (χ0v) is 10.1. The lowest BCUT2D eigenvalue weighted by atomic mass is 10.2. The van der Waals surface area contributed by atoms with Gasteiger partial charge >= 0.3 is 0 Å². The van der Waals surface area contributed by atoms with Gasteiger partial charge in [-0.1, -0.05) is 0 Å². The van der Waals surface area contributed by atoms with Gasteiger partial charge in [-0.05, 0) is 37.6 Å². The van der Waals surface area contributed by atoms with Gasteiger partial charge in [-0.2, -0.15) is 5.26 Å². The SMILES string of the molecule is N#Cc1ccnc(S(=O)(=O)CC2CCNC2)c1. The molecule has 17 heavy (non-hydrogen) atoms. The maximum atomic E-state index is 12.1. The zero-order chi connectivity index (χ0) is 12.3. The fourth-order valence-corrected chi connectivity index (χ4v) is 3.51. The molecule has 1 unspecified atom stereocenters. The topological polar surface area (TPSA) is 82.8 Å². The van der Waals surface area contributed by atoms with E-state index in [1.54, 1.807) is 0 Å². The Hall–Kier alpha value is -1.45. The second-order valence-corrected chi connectivity index (χ2v) is 6.12. The van der Waals surface area contributed by atoms with Crippen LogP contribution in [0, 0.1) is 17.2 Å². The Morgan fingerprint density at radius 2 is 2.41 bits per heavy atom. The smallest absolute Gasteiger partial charge is 0.195 e. The molecule has 1 N–H and O–H groups in total. The number of aromatic nitrogens is 1. The maximum absolute atomic E-state index is 12.1. The van der Waals surface area contributed by atoms with Crippen molar-refractivity contribution in [1.82, 2.24) is 10.3 Å². The van der Waals surface area contributed by atoms with Gasteiger partial charge in [0.1, 0.15) is 0 Å². The predicted molar refractivity (Wildman–Crippen MR) is 62.0 cm³/mol. The first-order valence-electron chi connectivity index (χ1n) is 5.41. The number of nitriles is 1. The molecule has 6 heteroatoms. The zero-order valence-electron chi connectivity index (χ0n) is 9.26. The molecule has 0 aliphatic carbocycles. The van der Waals surface area contributed by atoms with Crippen molar-refractivity contribution < 1.29 is 8.42 Å². The van der Waals surface area contributed by atoms with Crippen LogP contribution in [0.3, 0.4) is 0 Å². The highest BCUT2D eigenvalue weighted by Crippen LogP contribution is 2.16. The fraction of sp³-hybridized carbons (Fsp3) is 0.455. The van der Waals surface area contributed by atoms with E-state index < -0.39 is 9.84 Å². The minimum atomic E-state index is -3.38. The molecule has 1 fully saturated rings. The molecule has 5 nitrogen and oxygen atoms in total. The normalized spacial score (nSPS) is 20.1. The van der Waals surface area contributed by atoms with Crippen LogP contribution in [0.2, 0.25) is 0 Å². The molecule has 1 aliphatic rings. The van der Waals surface area contributed by atoms with Gasteiger partial charge in [0.25, 0.3) is 0 Å². The Balaban J connectivity index is 2.22. The van der Waals surface area contributed by atoms with Crippen LogP contribution in [0.15, 0.2) is 23.4 Å². The number of pyridine rings is 1.